The standard InChI is InChI=1S/C14H14F3NOS/c15-14(16,17)11(19)10-9(12-18-6-7-20-12)8-13(10)4-2-1-3-5-13/h6-7H,1-5,8H2. The van der Waals surface area contributed by atoms with Gasteiger partial charge in [-0.2, -0.15) is 13.2 Å². The molecule has 1 spiro atoms. The van der Waals surface area contributed by atoms with Gasteiger partial charge in [0.05, 0.1) is 0 Å². The molecule has 108 valence electrons. The first-order valence-corrected chi connectivity index (χ1v) is 7.57. The van der Waals surface area contributed by atoms with E-state index < -0.39 is 17.4 Å². The highest BCUT2D eigenvalue weighted by molar-refractivity contribution is 7.10. The lowest BCUT2D eigenvalue weighted by molar-refractivity contribution is -0.168. The third-order valence-corrected chi connectivity index (χ3v) is 5.17. The molecule has 0 aromatic carbocycles. The number of Topliss-reactive ketones (excluding diaryl/α,β-unsaturated/α-hetero) is 1. The van der Waals surface area contributed by atoms with E-state index in [0.29, 0.717) is 29.8 Å². The lowest BCUT2D eigenvalue weighted by atomic mass is 9.56. The summed E-state index contributed by atoms with van der Waals surface area (Å²) in [6.07, 6.45) is 1.58. The molecule has 0 aliphatic heterocycles. The largest absolute Gasteiger partial charge is 0.454 e. The molecule has 1 fully saturated rings. The summed E-state index contributed by atoms with van der Waals surface area (Å²) in [6, 6.07) is 0. The van der Waals surface area contributed by atoms with E-state index in [1.165, 1.54) is 11.3 Å². The molecular formula is C14H14F3NOS. The molecule has 2 aliphatic carbocycles. The van der Waals surface area contributed by atoms with E-state index in [2.05, 4.69) is 4.98 Å². The molecule has 0 N–H and O–H groups in total. The van der Waals surface area contributed by atoms with Crippen LogP contribution in [0.2, 0.25) is 0 Å². The summed E-state index contributed by atoms with van der Waals surface area (Å²) in [5.41, 5.74) is -0.0184. The number of thiazole rings is 1. The van der Waals surface area contributed by atoms with E-state index in [1.54, 1.807) is 11.6 Å². The molecule has 3 rings (SSSR count). The predicted octanol–water partition coefficient (Wildman–Crippen LogP) is 4.38. The van der Waals surface area contributed by atoms with Crippen LogP contribution in [-0.2, 0) is 4.79 Å². The number of carbonyl (C=O) groups excluding carboxylic acids is 1. The van der Waals surface area contributed by atoms with Crippen molar-refractivity contribution >= 4 is 22.7 Å². The summed E-state index contributed by atoms with van der Waals surface area (Å²) in [4.78, 5) is 15.9. The maximum atomic E-state index is 12.9. The number of nitrogens with zero attached hydrogens (tertiary/aromatic N) is 1. The molecule has 0 unspecified atom stereocenters. The third-order valence-electron chi connectivity index (χ3n) is 4.33. The average molecular weight is 301 g/mol. The van der Waals surface area contributed by atoms with Crippen LogP contribution in [0.3, 0.4) is 0 Å². The van der Waals surface area contributed by atoms with Crippen molar-refractivity contribution in [2.75, 3.05) is 0 Å². The molecule has 1 heterocycles. The van der Waals surface area contributed by atoms with E-state index in [-0.39, 0.29) is 5.57 Å². The van der Waals surface area contributed by atoms with Crippen molar-refractivity contribution in [3.05, 3.63) is 22.2 Å². The van der Waals surface area contributed by atoms with Crippen molar-refractivity contribution in [3.63, 3.8) is 0 Å². The normalized spacial score (nSPS) is 21.9. The van der Waals surface area contributed by atoms with Gasteiger partial charge in [0, 0.05) is 22.6 Å². The van der Waals surface area contributed by atoms with Crippen LogP contribution in [0, 0.1) is 5.41 Å². The van der Waals surface area contributed by atoms with Gasteiger partial charge in [0.2, 0.25) is 0 Å². The Morgan fingerprint density at radius 1 is 1.25 bits per heavy atom. The molecule has 6 heteroatoms. The van der Waals surface area contributed by atoms with Crippen LogP contribution in [0.4, 0.5) is 13.2 Å². The SMILES string of the molecule is O=C(C1=C(c2nccs2)CC12CCCCC2)C(F)(F)F. The molecule has 1 aromatic heterocycles. The minimum absolute atomic E-state index is 0.000324. The number of alkyl halides is 3. The second kappa shape index (κ2) is 4.69. The summed E-state index contributed by atoms with van der Waals surface area (Å²) in [7, 11) is 0. The zero-order valence-corrected chi connectivity index (χ0v) is 11.6. The van der Waals surface area contributed by atoms with Gasteiger partial charge in [0.15, 0.2) is 0 Å². The Hall–Kier alpha value is -1.17. The number of hydrogen-bond donors (Lipinski definition) is 0. The topological polar surface area (TPSA) is 30.0 Å². The van der Waals surface area contributed by atoms with Gasteiger partial charge in [-0.05, 0) is 24.8 Å². The molecule has 0 atom stereocenters. The van der Waals surface area contributed by atoms with Gasteiger partial charge < -0.3 is 0 Å². The van der Waals surface area contributed by atoms with Crippen molar-refractivity contribution in [1.29, 1.82) is 0 Å². The molecule has 2 aliphatic rings. The number of halogens is 3. The molecule has 2 nitrogen and oxygen atoms in total. The Bertz CT molecular complexity index is 553. The molecule has 1 saturated carbocycles. The van der Waals surface area contributed by atoms with Gasteiger partial charge in [-0.15, -0.1) is 11.3 Å². The van der Waals surface area contributed by atoms with Gasteiger partial charge >= 0.3 is 6.18 Å². The maximum Gasteiger partial charge on any atom is 0.454 e. The first-order chi connectivity index (χ1) is 9.44. The van der Waals surface area contributed by atoms with Crippen molar-refractivity contribution in [2.24, 2.45) is 5.41 Å². The van der Waals surface area contributed by atoms with E-state index >= 15 is 0 Å². The highest BCUT2D eigenvalue weighted by Crippen LogP contribution is 2.59. The lowest BCUT2D eigenvalue weighted by Gasteiger charge is -2.47. The van der Waals surface area contributed by atoms with Crippen LogP contribution in [0.25, 0.3) is 5.57 Å². The predicted molar refractivity (Wildman–Crippen MR) is 70.2 cm³/mol. The number of hydrogen-bond acceptors (Lipinski definition) is 3. The van der Waals surface area contributed by atoms with Crippen molar-refractivity contribution in [1.82, 2.24) is 4.98 Å². The minimum atomic E-state index is -4.79. The van der Waals surface area contributed by atoms with Crippen molar-refractivity contribution in [3.8, 4) is 0 Å². The highest BCUT2D eigenvalue weighted by Gasteiger charge is 2.55. The van der Waals surface area contributed by atoms with Gasteiger partial charge in [-0.3, -0.25) is 4.79 Å². The zero-order valence-electron chi connectivity index (χ0n) is 10.8. The first kappa shape index (κ1) is 13.8. The van der Waals surface area contributed by atoms with E-state index in [4.69, 9.17) is 0 Å². The van der Waals surface area contributed by atoms with Crippen LogP contribution >= 0.6 is 11.3 Å². The molecule has 0 radical (unpaired) electrons. The van der Waals surface area contributed by atoms with E-state index in [0.717, 1.165) is 19.3 Å². The highest BCUT2D eigenvalue weighted by atomic mass is 32.1. The molecule has 20 heavy (non-hydrogen) atoms. The van der Waals surface area contributed by atoms with Crippen LogP contribution in [0.5, 0.6) is 0 Å². The number of ketones is 1. The molecule has 0 bridgehead atoms. The summed E-state index contributed by atoms with van der Waals surface area (Å²) < 4.78 is 38.6. The lowest BCUT2D eigenvalue weighted by Crippen LogP contribution is -2.43. The Morgan fingerprint density at radius 3 is 2.50 bits per heavy atom. The molecule has 0 saturated heterocycles. The van der Waals surface area contributed by atoms with Crippen LogP contribution in [0.15, 0.2) is 17.2 Å². The number of rotatable bonds is 2. The van der Waals surface area contributed by atoms with Gasteiger partial charge in [-0.25, -0.2) is 4.98 Å². The summed E-state index contributed by atoms with van der Waals surface area (Å²) in [5, 5.41) is 2.29. The zero-order chi connectivity index (χ0) is 14.4. The van der Waals surface area contributed by atoms with Crippen molar-refractivity contribution in [2.45, 2.75) is 44.7 Å². The average Bonchev–Trinajstić information content (AvgIpc) is 2.89. The fourth-order valence-electron chi connectivity index (χ4n) is 3.46. The molecule has 0 amide bonds. The third kappa shape index (κ3) is 2.10. The Labute approximate surface area is 118 Å². The van der Waals surface area contributed by atoms with E-state index in [1.807, 2.05) is 0 Å². The second-order valence-corrected chi connectivity index (χ2v) is 6.43. The van der Waals surface area contributed by atoms with Crippen molar-refractivity contribution < 1.29 is 18.0 Å². The summed E-state index contributed by atoms with van der Waals surface area (Å²) in [5.74, 6) is -1.66. The summed E-state index contributed by atoms with van der Waals surface area (Å²) in [6.45, 7) is 0. The Morgan fingerprint density at radius 2 is 1.95 bits per heavy atom. The molecular weight excluding hydrogens is 287 g/mol. The quantitative estimate of drug-likeness (QED) is 0.811. The fraction of sp³-hybridized carbons (Fsp3) is 0.571. The molecule has 1 aromatic rings. The monoisotopic (exact) mass is 301 g/mol. The summed E-state index contributed by atoms with van der Waals surface area (Å²) >= 11 is 1.30. The fourth-order valence-corrected chi connectivity index (χ4v) is 4.15. The first-order valence-electron chi connectivity index (χ1n) is 6.69. The van der Waals surface area contributed by atoms with Crippen LogP contribution < -0.4 is 0 Å². The second-order valence-electron chi connectivity index (χ2n) is 5.54. The Balaban J connectivity index is 2.04. The van der Waals surface area contributed by atoms with Crippen LogP contribution in [0.1, 0.15) is 43.5 Å². The van der Waals surface area contributed by atoms with Gasteiger partial charge in [0.1, 0.15) is 5.01 Å². The maximum absolute atomic E-state index is 12.9. The van der Waals surface area contributed by atoms with Gasteiger partial charge in [-0.1, -0.05) is 19.3 Å². The smallest absolute Gasteiger partial charge is 0.284 e. The van der Waals surface area contributed by atoms with Gasteiger partial charge in [0.25, 0.3) is 5.78 Å². The van der Waals surface area contributed by atoms with E-state index in [9.17, 15) is 18.0 Å². The number of carbonyl (C=O) groups is 1. The minimum Gasteiger partial charge on any atom is -0.284 e. The van der Waals surface area contributed by atoms with Crippen LogP contribution in [-0.4, -0.2) is 16.9 Å². The number of allylic oxidation sites excluding steroid dienone is 2. The Kier molecular flexibility index (Phi) is 3.23. The number of aromatic nitrogens is 1.